The summed E-state index contributed by atoms with van der Waals surface area (Å²) in [4.78, 5) is 26.0. The van der Waals surface area contributed by atoms with Crippen molar-refractivity contribution in [2.75, 3.05) is 49.8 Å². The molecule has 0 aromatic heterocycles. The Balaban J connectivity index is 2.18. The second-order valence-corrected chi connectivity index (χ2v) is 7.72. The summed E-state index contributed by atoms with van der Waals surface area (Å²) in [6, 6.07) is 8.79. The van der Waals surface area contributed by atoms with Gasteiger partial charge in [-0.15, -0.1) is 0 Å². The Kier molecular flexibility index (Phi) is 7.75. The van der Waals surface area contributed by atoms with Crippen molar-refractivity contribution in [3.63, 3.8) is 0 Å². The fourth-order valence-corrected chi connectivity index (χ4v) is 4.79. The van der Waals surface area contributed by atoms with Gasteiger partial charge in [0.15, 0.2) is 23.0 Å². The minimum atomic E-state index is -0.671. The van der Waals surface area contributed by atoms with Crippen LogP contribution in [0.5, 0.6) is 28.7 Å². The Morgan fingerprint density at radius 2 is 1.00 bits per heavy atom. The highest BCUT2D eigenvalue weighted by atomic mass is 16.5. The molecule has 0 amide bonds. The van der Waals surface area contributed by atoms with E-state index in [1.54, 1.807) is 24.3 Å². The van der Waals surface area contributed by atoms with Gasteiger partial charge in [-0.25, -0.2) is 0 Å². The van der Waals surface area contributed by atoms with Gasteiger partial charge in [-0.3, -0.25) is 9.59 Å². The summed E-state index contributed by atoms with van der Waals surface area (Å²) in [5.74, 6) is -1.02. The lowest BCUT2D eigenvalue weighted by atomic mass is 9.52. The molecule has 34 heavy (non-hydrogen) atoms. The predicted octanol–water partition coefficient (Wildman–Crippen LogP) is 3.19. The van der Waals surface area contributed by atoms with E-state index in [-0.39, 0.29) is 0 Å². The first-order valence-electron chi connectivity index (χ1n) is 10.6. The normalized spacial score (nSPS) is 21.0. The molecule has 1 saturated carbocycles. The molecule has 9 nitrogen and oxygen atoms in total. The highest BCUT2D eigenvalue weighted by Crippen LogP contribution is 2.60. The van der Waals surface area contributed by atoms with Gasteiger partial charge in [0.2, 0.25) is 5.75 Å². The van der Waals surface area contributed by atoms with Crippen LogP contribution in [-0.2, 0) is 19.1 Å². The Morgan fingerprint density at radius 1 is 0.559 bits per heavy atom. The molecule has 3 unspecified atom stereocenters. The summed E-state index contributed by atoms with van der Waals surface area (Å²) in [6.45, 7) is 0. The molecule has 0 bridgehead atoms. The van der Waals surface area contributed by atoms with Crippen LogP contribution in [0.1, 0.15) is 23.0 Å². The molecule has 9 heteroatoms. The van der Waals surface area contributed by atoms with Gasteiger partial charge >= 0.3 is 11.9 Å². The molecule has 184 valence electrons. The molecule has 1 fully saturated rings. The monoisotopic (exact) mass is 474 g/mol. The van der Waals surface area contributed by atoms with E-state index in [9.17, 15) is 9.59 Å². The van der Waals surface area contributed by atoms with Crippen molar-refractivity contribution < 1.29 is 42.7 Å². The van der Waals surface area contributed by atoms with Crippen molar-refractivity contribution in [2.24, 2.45) is 11.8 Å². The first kappa shape index (κ1) is 25.0. The molecule has 1 aliphatic carbocycles. The molecule has 1 aliphatic rings. The maximum absolute atomic E-state index is 13.0. The van der Waals surface area contributed by atoms with Crippen LogP contribution in [0, 0.1) is 11.8 Å². The zero-order valence-corrected chi connectivity index (χ0v) is 20.4. The van der Waals surface area contributed by atoms with Crippen molar-refractivity contribution in [3.05, 3.63) is 41.5 Å². The smallest absolute Gasteiger partial charge is 0.309 e. The third-order valence-electron chi connectivity index (χ3n) is 6.36. The van der Waals surface area contributed by atoms with Crippen LogP contribution < -0.4 is 23.7 Å². The topological polar surface area (TPSA) is 98.8 Å². The summed E-state index contributed by atoms with van der Waals surface area (Å²) < 4.78 is 37.4. The molecule has 3 rings (SSSR count). The number of esters is 2. The van der Waals surface area contributed by atoms with E-state index in [2.05, 4.69) is 0 Å². The Labute approximate surface area is 198 Å². The molecule has 0 heterocycles. The maximum atomic E-state index is 13.0. The molecule has 0 saturated heterocycles. The summed E-state index contributed by atoms with van der Waals surface area (Å²) in [6.07, 6.45) is 0. The number of carbonyl (C=O) groups excluding carboxylic acids is 2. The average molecular weight is 475 g/mol. The van der Waals surface area contributed by atoms with Crippen molar-refractivity contribution in [3.8, 4) is 28.7 Å². The largest absolute Gasteiger partial charge is 0.493 e. The van der Waals surface area contributed by atoms with Crippen LogP contribution >= 0.6 is 0 Å². The summed E-state index contributed by atoms with van der Waals surface area (Å²) in [5.41, 5.74) is 1.39. The van der Waals surface area contributed by atoms with Gasteiger partial charge in [0.1, 0.15) is 0 Å². The number of rotatable bonds is 9. The number of benzene rings is 2. The SMILES string of the molecule is COC(=O)C1C(c2ccc(OC)c(OC)c2)[C@@H](C(=O)OC)C1c1cc(OC)c(OC)c(OC)c1. The zero-order valence-electron chi connectivity index (χ0n) is 20.4. The second-order valence-electron chi connectivity index (χ2n) is 7.72. The predicted molar refractivity (Wildman–Crippen MR) is 122 cm³/mol. The second kappa shape index (κ2) is 10.5. The number of methoxy groups -OCH3 is 7. The van der Waals surface area contributed by atoms with Gasteiger partial charge in [-0.05, 0) is 35.4 Å². The van der Waals surface area contributed by atoms with Crippen LogP contribution in [0.2, 0.25) is 0 Å². The summed E-state index contributed by atoms with van der Waals surface area (Å²) in [5, 5.41) is 0. The third-order valence-corrected chi connectivity index (χ3v) is 6.36. The Bertz CT molecular complexity index is 1000. The van der Waals surface area contributed by atoms with Gasteiger partial charge < -0.3 is 33.2 Å². The molecule has 0 aliphatic heterocycles. The molecular formula is C25H30O9. The van der Waals surface area contributed by atoms with E-state index in [1.807, 2.05) is 6.07 Å². The minimum Gasteiger partial charge on any atom is -0.493 e. The number of hydrogen-bond donors (Lipinski definition) is 0. The Morgan fingerprint density at radius 3 is 1.41 bits per heavy atom. The fourth-order valence-electron chi connectivity index (χ4n) is 4.79. The van der Waals surface area contributed by atoms with E-state index < -0.39 is 35.6 Å². The minimum absolute atomic E-state index is 0.411. The molecular weight excluding hydrogens is 444 g/mol. The average Bonchev–Trinajstić information content (AvgIpc) is 2.86. The lowest BCUT2D eigenvalue weighted by molar-refractivity contribution is -0.164. The van der Waals surface area contributed by atoms with Crippen LogP contribution in [0.4, 0.5) is 0 Å². The number of carbonyl (C=O) groups is 2. The maximum Gasteiger partial charge on any atom is 0.309 e. The lowest BCUT2D eigenvalue weighted by Gasteiger charge is -2.49. The van der Waals surface area contributed by atoms with E-state index in [0.29, 0.717) is 34.3 Å². The molecule has 0 N–H and O–H groups in total. The van der Waals surface area contributed by atoms with Gasteiger partial charge in [-0.2, -0.15) is 0 Å². The molecule has 2 aromatic carbocycles. The quantitative estimate of drug-likeness (QED) is 0.507. The lowest BCUT2D eigenvalue weighted by Crippen LogP contribution is -2.51. The Hall–Kier alpha value is -3.62. The van der Waals surface area contributed by atoms with Crippen LogP contribution in [0.15, 0.2) is 30.3 Å². The van der Waals surface area contributed by atoms with Crippen molar-refractivity contribution in [1.29, 1.82) is 0 Å². The highest BCUT2D eigenvalue weighted by molar-refractivity contribution is 5.85. The summed E-state index contributed by atoms with van der Waals surface area (Å²) in [7, 11) is 10.2. The standard InChI is InChI=1S/C25H30O9/c1-28-15-9-8-13(10-16(15)29-2)19-21(24(26)33-6)20(22(19)25(27)34-7)14-11-17(30-3)23(32-5)18(12-14)31-4/h8-12,19-22H,1-7H3/t19?,20?,21-,22?/m1/s1. The van der Waals surface area contributed by atoms with E-state index in [1.165, 1.54) is 49.8 Å². The van der Waals surface area contributed by atoms with Gasteiger partial charge in [0.05, 0.1) is 61.6 Å². The zero-order chi connectivity index (χ0) is 25.0. The molecule has 2 aromatic rings. The van der Waals surface area contributed by atoms with Crippen LogP contribution in [0.25, 0.3) is 0 Å². The van der Waals surface area contributed by atoms with Crippen molar-refractivity contribution >= 4 is 11.9 Å². The van der Waals surface area contributed by atoms with Gasteiger partial charge in [-0.1, -0.05) is 6.07 Å². The van der Waals surface area contributed by atoms with E-state index in [4.69, 9.17) is 33.2 Å². The molecule has 0 spiro atoms. The van der Waals surface area contributed by atoms with Crippen LogP contribution in [-0.4, -0.2) is 61.7 Å². The molecule has 4 atom stereocenters. The van der Waals surface area contributed by atoms with Crippen LogP contribution in [0.3, 0.4) is 0 Å². The number of hydrogen-bond acceptors (Lipinski definition) is 9. The third kappa shape index (κ3) is 4.18. The number of ether oxygens (including phenoxy) is 7. The van der Waals surface area contributed by atoms with E-state index in [0.717, 1.165) is 5.56 Å². The van der Waals surface area contributed by atoms with Gasteiger partial charge in [0.25, 0.3) is 0 Å². The highest BCUT2D eigenvalue weighted by Gasteiger charge is 2.59. The van der Waals surface area contributed by atoms with Gasteiger partial charge in [0, 0.05) is 11.8 Å². The first-order valence-corrected chi connectivity index (χ1v) is 10.6. The fraction of sp³-hybridized carbons (Fsp3) is 0.440. The van der Waals surface area contributed by atoms with Crippen molar-refractivity contribution in [1.82, 2.24) is 0 Å². The summed E-state index contributed by atoms with van der Waals surface area (Å²) >= 11 is 0. The van der Waals surface area contributed by atoms with E-state index >= 15 is 0 Å². The first-order chi connectivity index (χ1) is 16.4. The van der Waals surface area contributed by atoms with Crippen molar-refractivity contribution in [2.45, 2.75) is 11.8 Å². The molecule has 0 radical (unpaired) electrons.